The molecule has 1 atom stereocenters. The van der Waals surface area contributed by atoms with Crippen LogP contribution in [-0.4, -0.2) is 44.3 Å². The van der Waals surface area contributed by atoms with Gasteiger partial charge in [0.1, 0.15) is 11.7 Å². The Kier molecular flexibility index (Phi) is 7.36. The second-order valence-electron chi connectivity index (χ2n) is 8.31. The normalized spacial score (nSPS) is 15.1. The largest absolute Gasteiger partial charge is 0.433 e. The lowest BCUT2D eigenvalue weighted by Gasteiger charge is -2.29. The Morgan fingerprint density at radius 3 is 2.61 bits per heavy atom. The number of amides is 2. The monoisotopic (exact) mass is 544 g/mol. The first-order chi connectivity index (χ1) is 17.9. The van der Waals surface area contributed by atoms with Gasteiger partial charge in [0.25, 0.3) is 5.91 Å². The van der Waals surface area contributed by atoms with Gasteiger partial charge in [0.15, 0.2) is 0 Å². The molecule has 1 fully saturated rings. The molecule has 38 heavy (non-hydrogen) atoms. The van der Waals surface area contributed by atoms with Gasteiger partial charge < -0.3 is 5.73 Å². The topological polar surface area (TPSA) is 130 Å². The van der Waals surface area contributed by atoms with Gasteiger partial charge in [-0.25, -0.2) is 24.9 Å². The van der Waals surface area contributed by atoms with Gasteiger partial charge in [-0.2, -0.15) is 13.2 Å². The second-order valence-corrected chi connectivity index (χ2v) is 8.71. The fraction of sp³-hybridized carbons (Fsp3) is 0.250. The number of hydrogen-bond donors (Lipinski definition) is 2. The number of anilines is 3. The Morgan fingerprint density at radius 1 is 1.24 bits per heavy atom. The number of aromatic nitrogens is 4. The number of nitrogens with one attached hydrogen (secondary N) is 1. The number of nitrogen functional groups attached to an aromatic ring is 1. The third-order valence-corrected chi connectivity index (χ3v) is 5.85. The van der Waals surface area contributed by atoms with Gasteiger partial charge in [0, 0.05) is 28.8 Å². The number of rotatable bonds is 4. The zero-order valence-corrected chi connectivity index (χ0v) is 20.8. The first kappa shape index (κ1) is 26.6. The average Bonchev–Trinajstić information content (AvgIpc) is 3.25. The van der Waals surface area contributed by atoms with Crippen LogP contribution in [0.5, 0.6) is 0 Å². The van der Waals surface area contributed by atoms with E-state index in [4.69, 9.17) is 17.3 Å². The molecule has 1 aliphatic heterocycles. The van der Waals surface area contributed by atoms with E-state index >= 15 is 0 Å². The van der Waals surface area contributed by atoms with Crippen molar-refractivity contribution in [3.05, 3.63) is 64.2 Å². The van der Waals surface area contributed by atoms with E-state index in [0.29, 0.717) is 21.8 Å². The maximum atomic E-state index is 13.8. The summed E-state index contributed by atoms with van der Waals surface area (Å²) >= 11 is 6.15. The van der Waals surface area contributed by atoms with Gasteiger partial charge in [-0.1, -0.05) is 23.4 Å². The number of benzene rings is 1. The van der Waals surface area contributed by atoms with Gasteiger partial charge in [-0.05, 0) is 43.7 Å². The molecule has 196 valence electrons. The highest BCUT2D eigenvalue weighted by atomic mass is 35.5. The maximum Gasteiger partial charge on any atom is 0.433 e. The van der Waals surface area contributed by atoms with E-state index in [1.165, 1.54) is 24.2 Å². The van der Waals surface area contributed by atoms with E-state index in [9.17, 15) is 22.8 Å². The average molecular weight is 545 g/mol. The van der Waals surface area contributed by atoms with Crippen LogP contribution in [0.3, 0.4) is 0 Å². The molecule has 3 N–H and O–H groups in total. The molecule has 14 heteroatoms. The third-order valence-electron chi connectivity index (χ3n) is 5.43. The third kappa shape index (κ3) is 5.92. The summed E-state index contributed by atoms with van der Waals surface area (Å²) in [5.41, 5.74) is 8.23. The van der Waals surface area contributed by atoms with Crippen LogP contribution in [0.15, 0.2) is 36.7 Å². The fourth-order valence-electron chi connectivity index (χ4n) is 3.61. The Hall–Kier alpha value is -4.44. The number of alkyl halides is 3. The number of carbonyl (C=O) groups is 2. The van der Waals surface area contributed by atoms with Crippen LogP contribution in [0.4, 0.5) is 30.8 Å². The van der Waals surface area contributed by atoms with E-state index in [-0.39, 0.29) is 24.6 Å². The van der Waals surface area contributed by atoms with Gasteiger partial charge >= 0.3 is 6.18 Å². The number of nitrogens with zero attached hydrogens (tertiary/aromatic N) is 6. The zero-order chi connectivity index (χ0) is 27.6. The Balaban J connectivity index is 1.70. The molecule has 0 saturated carbocycles. The molecule has 0 aliphatic carbocycles. The zero-order valence-electron chi connectivity index (χ0n) is 20.0. The van der Waals surface area contributed by atoms with Crippen molar-refractivity contribution < 1.29 is 22.8 Å². The molecule has 1 aromatic carbocycles. The van der Waals surface area contributed by atoms with Crippen molar-refractivity contribution in [1.82, 2.24) is 25.4 Å². The van der Waals surface area contributed by atoms with Crippen molar-refractivity contribution in [2.45, 2.75) is 32.5 Å². The minimum atomic E-state index is -4.75. The Labute approximate surface area is 220 Å². The van der Waals surface area contributed by atoms with Crippen molar-refractivity contribution in [3.8, 4) is 11.8 Å². The number of carbonyl (C=O) groups excluding carboxylic acids is 2. The lowest BCUT2D eigenvalue weighted by Crippen LogP contribution is -2.50. The summed E-state index contributed by atoms with van der Waals surface area (Å²) < 4.78 is 40.1. The van der Waals surface area contributed by atoms with Crippen LogP contribution in [0, 0.1) is 25.7 Å². The second kappa shape index (κ2) is 10.5. The van der Waals surface area contributed by atoms with Crippen molar-refractivity contribution in [1.29, 1.82) is 0 Å². The smallest absolute Gasteiger partial charge is 0.368 e. The molecule has 1 unspecified atom stereocenters. The number of hydrazine groups is 1. The highest BCUT2D eigenvalue weighted by Gasteiger charge is 2.41. The van der Waals surface area contributed by atoms with E-state index < -0.39 is 35.7 Å². The van der Waals surface area contributed by atoms with Crippen LogP contribution < -0.4 is 21.1 Å². The van der Waals surface area contributed by atoms with Gasteiger partial charge in [0.05, 0.1) is 18.5 Å². The van der Waals surface area contributed by atoms with Gasteiger partial charge in [-0.15, -0.1) is 0 Å². The molecule has 3 heterocycles. The summed E-state index contributed by atoms with van der Waals surface area (Å²) in [5, 5.41) is 1.42. The minimum absolute atomic E-state index is 0.0106. The molecule has 2 aromatic heterocycles. The minimum Gasteiger partial charge on any atom is -0.368 e. The standard InChI is InChI=1S/C24H20ClF3N8O2/c1-13-8-16(5-6-17(13)25)35(7-3-4-15-11-30-22(29)31-12-15)21(38)18-10-20(37)34-36(18)23-32-14(2)9-19(33-23)24(26,27)28/h5-6,8-9,11-12,18H,7,10H2,1-2H3,(H,34,37)(H2,29,30,31). The van der Waals surface area contributed by atoms with Gasteiger partial charge in [0.2, 0.25) is 17.8 Å². The van der Waals surface area contributed by atoms with Crippen molar-refractivity contribution >= 4 is 41.0 Å². The summed E-state index contributed by atoms with van der Waals surface area (Å²) in [6, 6.07) is 4.39. The van der Waals surface area contributed by atoms with Crippen molar-refractivity contribution in [3.63, 3.8) is 0 Å². The molecule has 10 nitrogen and oxygen atoms in total. The molecule has 1 saturated heterocycles. The summed E-state index contributed by atoms with van der Waals surface area (Å²) in [4.78, 5) is 42.7. The summed E-state index contributed by atoms with van der Waals surface area (Å²) in [7, 11) is 0. The SMILES string of the molecule is Cc1cc(C(F)(F)F)nc(N2NC(=O)CC2C(=O)N(CC#Cc2cnc(N)nc2)c2ccc(Cl)c(C)c2)n1. The van der Waals surface area contributed by atoms with Gasteiger partial charge in [-0.3, -0.25) is 19.9 Å². The van der Waals surface area contributed by atoms with Crippen LogP contribution in [0.1, 0.15) is 28.9 Å². The Bertz CT molecular complexity index is 1450. The molecule has 1 aliphatic rings. The molecular formula is C24H20ClF3N8O2. The van der Waals surface area contributed by atoms with E-state index in [1.807, 2.05) is 0 Å². The molecule has 0 radical (unpaired) electrons. The number of hydrogen-bond acceptors (Lipinski definition) is 8. The predicted octanol–water partition coefficient (Wildman–Crippen LogP) is 2.83. The molecule has 2 amide bonds. The number of aryl methyl sites for hydroxylation is 2. The van der Waals surface area contributed by atoms with E-state index in [0.717, 1.165) is 11.1 Å². The molecule has 0 spiro atoms. The lowest BCUT2D eigenvalue weighted by atomic mass is 10.1. The lowest BCUT2D eigenvalue weighted by molar-refractivity contribution is -0.141. The summed E-state index contributed by atoms with van der Waals surface area (Å²) in [5.74, 6) is 4.11. The first-order valence-electron chi connectivity index (χ1n) is 11.1. The van der Waals surface area contributed by atoms with Crippen LogP contribution in [0.25, 0.3) is 0 Å². The molecule has 0 bridgehead atoms. The molecule has 3 aromatic rings. The molecule has 4 rings (SSSR count). The fourth-order valence-corrected chi connectivity index (χ4v) is 3.73. The first-order valence-corrected chi connectivity index (χ1v) is 11.5. The van der Waals surface area contributed by atoms with Crippen LogP contribution in [0.2, 0.25) is 5.02 Å². The quantitative estimate of drug-likeness (QED) is 0.480. The number of halogens is 4. The van der Waals surface area contributed by atoms with E-state index in [2.05, 4.69) is 37.2 Å². The highest BCUT2D eigenvalue weighted by Crippen LogP contribution is 2.31. The number of nitrogens with two attached hydrogens (primary N) is 1. The summed E-state index contributed by atoms with van der Waals surface area (Å²) in [6.07, 6.45) is -2.25. The van der Waals surface area contributed by atoms with E-state index in [1.54, 1.807) is 25.1 Å². The molecular weight excluding hydrogens is 525 g/mol. The van der Waals surface area contributed by atoms with Crippen molar-refractivity contribution in [2.75, 3.05) is 22.2 Å². The summed E-state index contributed by atoms with van der Waals surface area (Å²) in [6.45, 7) is 2.97. The van der Waals surface area contributed by atoms with Crippen LogP contribution >= 0.6 is 11.6 Å². The Morgan fingerprint density at radius 2 is 1.95 bits per heavy atom. The maximum absolute atomic E-state index is 13.8. The van der Waals surface area contributed by atoms with Crippen molar-refractivity contribution in [2.24, 2.45) is 0 Å². The predicted molar refractivity (Wildman–Crippen MR) is 133 cm³/mol. The van der Waals surface area contributed by atoms with Crippen LogP contribution in [-0.2, 0) is 15.8 Å². The highest BCUT2D eigenvalue weighted by molar-refractivity contribution is 6.31.